The summed E-state index contributed by atoms with van der Waals surface area (Å²) in [5, 5.41) is 6.98. The van der Waals surface area contributed by atoms with E-state index in [0.29, 0.717) is 13.0 Å². The first-order valence-corrected chi connectivity index (χ1v) is 5.70. The molecule has 90 valence electrons. The maximum Gasteiger partial charge on any atom is 0.225 e. The Morgan fingerprint density at radius 2 is 2.18 bits per heavy atom. The van der Waals surface area contributed by atoms with Gasteiger partial charge in [0.15, 0.2) is 0 Å². The zero-order chi connectivity index (χ0) is 12.3. The highest BCUT2D eigenvalue weighted by atomic mass is 16.1. The van der Waals surface area contributed by atoms with Crippen molar-refractivity contribution in [1.29, 1.82) is 0 Å². The summed E-state index contributed by atoms with van der Waals surface area (Å²) in [7, 11) is 3.84. The SMILES string of the molecule is CNCCC(=O)Nc1ccc2c(ccn2C)c1. The van der Waals surface area contributed by atoms with Gasteiger partial charge in [-0.3, -0.25) is 4.79 Å². The van der Waals surface area contributed by atoms with Crippen molar-refractivity contribution in [2.24, 2.45) is 7.05 Å². The van der Waals surface area contributed by atoms with E-state index in [4.69, 9.17) is 0 Å². The van der Waals surface area contributed by atoms with Gasteiger partial charge in [0.05, 0.1) is 0 Å². The van der Waals surface area contributed by atoms with Gasteiger partial charge < -0.3 is 15.2 Å². The highest BCUT2D eigenvalue weighted by Gasteiger charge is 2.03. The number of nitrogens with zero attached hydrogens (tertiary/aromatic N) is 1. The van der Waals surface area contributed by atoms with E-state index >= 15 is 0 Å². The van der Waals surface area contributed by atoms with Crippen LogP contribution in [0.4, 0.5) is 5.69 Å². The molecule has 2 rings (SSSR count). The number of rotatable bonds is 4. The largest absolute Gasteiger partial charge is 0.351 e. The molecule has 0 saturated heterocycles. The minimum absolute atomic E-state index is 0.0367. The number of hydrogen-bond acceptors (Lipinski definition) is 2. The molecular formula is C13H17N3O. The lowest BCUT2D eigenvalue weighted by atomic mass is 10.2. The van der Waals surface area contributed by atoms with Gasteiger partial charge in [-0.1, -0.05) is 0 Å². The Bertz CT molecular complexity index is 530. The predicted molar refractivity (Wildman–Crippen MR) is 70.1 cm³/mol. The smallest absolute Gasteiger partial charge is 0.225 e. The van der Waals surface area contributed by atoms with Crippen LogP contribution in [0.15, 0.2) is 30.5 Å². The molecule has 1 aromatic carbocycles. The normalized spacial score (nSPS) is 10.7. The molecule has 0 radical (unpaired) electrons. The molecule has 0 atom stereocenters. The van der Waals surface area contributed by atoms with Crippen LogP contribution in [0.2, 0.25) is 0 Å². The number of hydrogen-bond donors (Lipinski definition) is 2. The van der Waals surface area contributed by atoms with Crippen LogP contribution in [0.25, 0.3) is 10.9 Å². The fraction of sp³-hybridized carbons (Fsp3) is 0.308. The highest BCUT2D eigenvalue weighted by Crippen LogP contribution is 2.19. The Labute approximate surface area is 101 Å². The predicted octanol–water partition coefficient (Wildman–Crippen LogP) is 1.73. The van der Waals surface area contributed by atoms with Crippen LogP contribution in [0.5, 0.6) is 0 Å². The molecule has 2 N–H and O–H groups in total. The van der Waals surface area contributed by atoms with E-state index < -0.39 is 0 Å². The van der Waals surface area contributed by atoms with Gasteiger partial charge in [-0.2, -0.15) is 0 Å². The van der Waals surface area contributed by atoms with Crippen LogP contribution >= 0.6 is 0 Å². The van der Waals surface area contributed by atoms with Gasteiger partial charge in [-0.15, -0.1) is 0 Å². The lowest BCUT2D eigenvalue weighted by Gasteiger charge is -2.05. The summed E-state index contributed by atoms with van der Waals surface area (Å²) < 4.78 is 2.06. The van der Waals surface area contributed by atoms with Crippen LogP contribution in [-0.2, 0) is 11.8 Å². The van der Waals surface area contributed by atoms with Gasteiger partial charge in [-0.25, -0.2) is 0 Å². The zero-order valence-electron chi connectivity index (χ0n) is 10.2. The van der Waals surface area contributed by atoms with Crippen molar-refractivity contribution in [3.05, 3.63) is 30.5 Å². The summed E-state index contributed by atoms with van der Waals surface area (Å²) in [6.07, 6.45) is 2.50. The van der Waals surface area contributed by atoms with Gasteiger partial charge in [0.25, 0.3) is 0 Å². The average molecular weight is 231 g/mol. The molecule has 0 aliphatic rings. The second kappa shape index (κ2) is 5.01. The number of anilines is 1. The number of benzene rings is 1. The van der Waals surface area contributed by atoms with E-state index in [2.05, 4.69) is 15.2 Å². The molecule has 0 aliphatic heterocycles. The van der Waals surface area contributed by atoms with Crippen LogP contribution < -0.4 is 10.6 Å². The fourth-order valence-corrected chi connectivity index (χ4v) is 1.82. The molecule has 0 fully saturated rings. The molecule has 0 aliphatic carbocycles. The number of aromatic nitrogens is 1. The summed E-state index contributed by atoms with van der Waals surface area (Å²) in [4.78, 5) is 11.6. The maximum atomic E-state index is 11.6. The molecule has 0 bridgehead atoms. The van der Waals surface area contributed by atoms with E-state index in [9.17, 15) is 4.79 Å². The molecule has 2 aromatic rings. The lowest BCUT2D eigenvalue weighted by molar-refractivity contribution is -0.116. The summed E-state index contributed by atoms with van der Waals surface area (Å²) in [5.41, 5.74) is 2.02. The minimum Gasteiger partial charge on any atom is -0.351 e. The standard InChI is InChI=1S/C13H17N3O/c1-14-7-5-13(17)15-11-3-4-12-10(9-11)6-8-16(12)2/h3-4,6,8-9,14H,5,7H2,1-2H3,(H,15,17). The Morgan fingerprint density at radius 3 is 2.94 bits per heavy atom. The second-order valence-electron chi connectivity index (χ2n) is 4.10. The molecule has 0 unspecified atom stereocenters. The summed E-state index contributed by atoms with van der Waals surface area (Å²) in [5.74, 6) is 0.0367. The first-order chi connectivity index (χ1) is 8.20. The van der Waals surface area contributed by atoms with Crippen molar-refractivity contribution in [3.63, 3.8) is 0 Å². The van der Waals surface area contributed by atoms with Crippen LogP contribution in [0, 0.1) is 0 Å². The first kappa shape index (κ1) is 11.7. The monoisotopic (exact) mass is 231 g/mol. The van der Waals surface area contributed by atoms with E-state index in [1.165, 1.54) is 5.52 Å². The summed E-state index contributed by atoms with van der Waals surface area (Å²) >= 11 is 0. The van der Waals surface area contributed by atoms with Crippen molar-refractivity contribution in [2.45, 2.75) is 6.42 Å². The van der Waals surface area contributed by atoms with Gasteiger partial charge >= 0.3 is 0 Å². The Balaban J connectivity index is 2.11. The summed E-state index contributed by atoms with van der Waals surface area (Å²) in [6.45, 7) is 0.694. The molecule has 1 heterocycles. The number of nitrogens with one attached hydrogen (secondary N) is 2. The maximum absolute atomic E-state index is 11.6. The van der Waals surface area contributed by atoms with Gasteiger partial charge in [0, 0.05) is 42.8 Å². The van der Waals surface area contributed by atoms with E-state index in [1.54, 1.807) is 0 Å². The minimum atomic E-state index is 0.0367. The topological polar surface area (TPSA) is 46.1 Å². The van der Waals surface area contributed by atoms with Crippen molar-refractivity contribution in [2.75, 3.05) is 18.9 Å². The van der Waals surface area contributed by atoms with Crippen LogP contribution in [0.3, 0.4) is 0 Å². The molecular weight excluding hydrogens is 214 g/mol. The molecule has 1 aromatic heterocycles. The quantitative estimate of drug-likeness (QED) is 0.841. The van der Waals surface area contributed by atoms with Crippen LogP contribution in [-0.4, -0.2) is 24.1 Å². The number of fused-ring (bicyclic) bond motifs is 1. The lowest BCUT2D eigenvalue weighted by Crippen LogP contribution is -2.18. The van der Waals surface area contributed by atoms with E-state index in [1.807, 2.05) is 44.6 Å². The van der Waals surface area contributed by atoms with Gasteiger partial charge in [-0.05, 0) is 31.3 Å². The molecule has 17 heavy (non-hydrogen) atoms. The molecule has 1 amide bonds. The number of carbonyl (C=O) groups excluding carboxylic acids is 1. The van der Waals surface area contributed by atoms with Crippen LogP contribution in [0.1, 0.15) is 6.42 Å². The van der Waals surface area contributed by atoms with E-state index in [0.717, 1.165) is 11.1 Å². The van der Waals surface area contributed by atoms with Crippen molar-refractivity contribution in [3.8, 4) is 0 Å². The van der Waals surface area contributed by atoms with Gasteiger partial charge in [0.1, 0.15) is 0 Å². The van der Waals surface area contributed by atoms with Crippen molar-refractivity contribution >= 4 is 22.5 Å². The third kappa shape index (κ3) is 2.65. The second-order valence-corrected chi connectivity index (χ2v) is 4.10. The fourth-order valence-electron chi connectivity index (χ4n) is 1.82. The van der Waals surface area contributed by atoms with Gasteiger partial charge in [0.2, 0.25) is 5.91 Å². The number of amides is 1. The zero-order valence-corrected chi connectivity index (χ0v) is 10.2. The molecule has 4 nitrogen and oxygen atoms in total. The third-order valence-corrected chi connectivity index (χ3v) is 2.77. The Kier molecular flexibility index (Phi) is 3.44. The van der Waals surface area contributed by atoms with Crippen molar-refractivity contribution < 1.29 is 4.79 Å². The molecule has 4 heteroatoms. The van der Waals surface area contributed by atoms with E-state index in [-0.39, 0.29) is 5.91 Å². The number of carbonyl (C=O) groups is 1. The Hall–Kier alpha value is -1.81. The number of aryl methyl sites for hydroxylation is 1. The Morgan fingerprint density at radius 1 is 1.35 bits per heavy atom. The molecule has 0 spiro atoms. The third-order valence-electron chi connectivity index (χ3n) is 2.77. The highest BCUT2D eigenvalue weighted by molar-refractivity contribution is 5.93. The molecule has 0 saturated carbocycles. The summed E-state index contributed by atoms with van der Waals surface area (Å²) in [6, 6.07) is 7.98. The average Bonchev–Trinajstić information content (AvgIpc) is 2.68. The first-order valence-electron chi connectivity index (χ1n) is 5.70. The van der Waals surface area contributed by atoms with Crippen molar-refractivity contribution in [1.82, 2.24) is 9.88 Å².